The van der Waals surface area contributed by atoms with E-state index in [2.05, 4.69) is 34.2 Å². The Morgan fingerprint density at radius 2 is 2.20 bits per heavy atom. The van der Waals surface area contributed by atoms with Gasteiger partial charge in [-0.15, -0.1) is 11.3 Å². The molecule has 0 amide bonds. The molecule has 4 heteroatoms. The summed E-state index contributed by atoms with van der Waals surface area (Å²) in [5.41, 5.74) is 7.62. The van der Waals surface area contributed by atoms with E-state index in [9.17, 15) is 0 Å². The van der Waals surface area contributed by atoms with Gasteiger partial charge in [0.25, 0.3) is 0 Å². The third-order valence-electron chi connectivity index (χ3n) is 3.10. The molecule has 0 saturated carbocycles. The van der Waals surface area contributed by atoms with Crippen molar-refractivity contribution in [3.05, 3.63) is 20.3 Å². The standard InChI is InChI=1S/C11H17BrN2S/c1-7-6-9(15-11(7)12)10(13)8-2-4-14-5-3-8/h6,8,10,14H,2-5,13H2,1H3/t10-/m1/s1. The second-order valence-corrected chi connectivity index (χ2v) is 6.62. The van der Waals surface area contributed by atoms with Gasteiger partial charge in [0.1, 0.15) is 0 Å². The molecule has 0 spiro atoms. The molecule has 1 aliphatic rings. The van der Waals surface area contributed by atoms with Crippen molar-refractivity contribution in [2.75, 3.05) is 13.1 Å². The molecule has 1 aliphatic heterocycles. The summed E-state index contributed by atoms with van der Waals surface area (Å²) in [5.74, 6) is 0.649. The van der Waals surface area contributed by atoms with Crippen LogP contribution in [0.1, 0.15) is 29.3 Å². The van der Waals surface area contributed by atoms with Crippen LogP contribution in [0.25, 0.3) is 0 Å². The van der Waals surface area contributed by atoms with E-state index in [0.717, 1.165) is 13.1 Å². The molecule has 1 saturated heterocycles. The van der Waals surface area contributed by atoms with Crippen LogP contribution in [0, 0.1) is 12.8 Å². The van der Waals surface area contributed by atoms with E-state index in [1.165, 1.54) is 27.1 Å². The molecule has 0 bridgehead atoms. The maximum atomic E-state index is 6.31. The van der Waals surface area contributed by atoms with Crippen LogP contribution in [0.4, 0.5) is 0 Å². The topological polar surface area (TPSA) is 38.0 Å². The minimum Gasteiger partial charge on any atom is -0.323 e. The summed E-state index contributed by atoms with van der Waals surface area (Å²) in [6.45, 7) is 4.35. The number of piperidine rings is 1. The van der Waals surface area contributed by atoms with Crippen LogP contribution in [-0.4, -0.2) is 13.1 Å². The van der Waals surface area contributed by atoms with Gasteiger partial charge in [-0.2, -0.15) is 0 Å². The molecule has 1 aromatic heterocycles. The monoisotopic (exact) mass is 288 g/mol. The molecule has 1 aromatic rings. The van der Waals surface area contributed by atoms with E-state index in [4.69, 9.17) is 5.73 Å². The Bertz CT molecular complexity index is 312. The van der Waals surface area contributed by atoms with Crippen LogP contribution in [0.3, 0.4) is 0 Å². The summed E-state index contributed by atoms with van der Waals surface area (Å²) in [5, 5.41) is 3.38. The normalized spacial score (nSPS) is 20.5. The Morgan fingerprint density at radius 1 is 1.53 bits per heavy atom. The fraction of sp³-hybridized carbons (Fsp3) is 0.636. The molecule has 15 heavy (non-hydrogen) atoms. The molecule has 0 unspecified atom stereocenters. The number of nitrogens with one attached hydrogen (secondary N) is 1. The molecule has 2 rings (SSSR count). The van der Waals surface area contributed by atoms with Crippen LogP contribution in [0.5, 0.6) is 0 Å². The number of hydrogen-bond donors (Lipinski definition) is 2. The van der Waals surface area contributed by atoms with Crippen LogP contribution >= 0.6 is 27.3 Å². The Kier molecular flexibility index (Phi) is 3.83. The van der Waals surface area contributed by atoms with E-state index < -0.39 is 0 Å². The van der Waals surface area contributed by atoms with E-state index in [-0.39, 0.29) is 6.04 Å². The smallest absolute Gasteiger partial charge is 0.0731 e. The van der Waals surface area contributed by atoms with Gasteiger partial charge in [-0.3, -0.25) is 0 Å². The molecule has 1 atom stereocenters. The van der Waals surface area contributed by atoms with E-state index in [1.54, 1.807) is 11.3 Å². The maximum absolute atomic E-state index is 6.31. The molecule has 84 valence electrons. The highest BCUT2D eigenvalue weighted by molar-refractivity contribution is 9.11. The van der Waals surface area contributed by atoms with Crippen LogP contribution in [-0.2, 0) is 0 Å². The van der Waals surface area contributed by atoms with Crippen molar-refractivity contribution in [1.29, 1.82) is 0 Å². The van der Waals surface area contributed by atoms with Crippen molar-refractivity contribution in [3.63, 3.8) is 0 Å². The lowest BCUT2D eigenvalue weighted by Crippen LogP contribution is -2.33. The molecule has 2 nitrogen and oxygen atoms in total. The Hall–Kier alpha value is 0.100. The van der Waals surface area contributed by atoms with Crippen molar-refractivity contribution >= 4 is 27.3 Å². The molecular weight excluding hydrogens is 272 g/mol. The zero-order valence-electron chi connectivity index (χ0n) is 8.92. The molecule has 2 heterocycles. The number of halogens is 1. The predicted molar refractivity (Wildman–Crippen MR) is 69.3 cm³/mol. The quantitative estimate of drug-likeness (QED) is 0.878. The first-order valence-electron chi connectivity index (χ1n) is 5.40. The van der Waals surface area contributed by atoms with Gasteiger partial charge >= 0.3 is 0 Å². The summed E-state index contributed by atoms with van der Waals surface area (Å²) in [6, 6.07) is 2.45. The minimum absolute atomic E-state index is 0.224. The number of thiophene rings is 1. The van der Waals surface area contributed by atoms with Gasteiger partial charge in [-0.25, -0.2) is 0 Å². The van der Waals surface area contributed by atoms with Gasteiger partial charge in [0.05, 0.1) is 3.79 Å². The summed E-state index contributed by atoms with van der Waals surface area (Å²) < 4.78 is 1.22. The van der Waals surface area contributed by atoms with Gasteiger partial charge in [-0.1, -0.05) is 0 Å². The van der Waals surface area contributed by atoms with Gasteiger partial charge in [-0.05, 0) is 66.3 Å². The average Bonchev–Trinajstić information content (AvgIpc) is 2.59. The second-order valence-electron chi connectivity index (χ2n) is 4.22. The molecule has 1 fully saturated rings. The maximum Gasteiger partial charge on any atom is 0.0731 e. The largest absolute Gasteiger partial charge is 0.323 e. The van der Waals surface area contributed by atoms with E-state index >= 15 is 0 Å². The molecule has 3 N–H and O–H groups in total. The highest BCUT2D eigenvalue weighted by Gasteiger charge is 2.23. The third kappa shape index (κ3) is 2.61. The van der Waals surface area contributed by atoms with Crippen LogP contribution < -0.4 is 11.1 Å². The highest BCUT2D eigenvalue weighted by Crippen LogP contribution is 2.35. The van der Waals surface area contributed by atoms with Crippen molar-refractivity contribution < 1.29 is 0 Å². The SMILES string of the molecule is Cc1cc([C@H](N)C2CCNCC2)sc1Br. The summed E-state index contributed by atoms with van der Waals surface area (Å²) >= 11 is 5.35. The van der Waals surface area contributed by atoms with Crippen LogP contribution in [0.15, 0.2) is 9.85 Å². The summed E-state index contributed by atoms with van der Waals surface area (Å²) in [4.78, 5) is 1.33. The fourth-order valence-electron chi connectivity index (χ4n) is 2.08. The minimum atomic E-state index is 0.224. The molecule has 0 aliphatic carbocycles. The highest BCUT2D eigenvalue weighted by atomic mass is 79.9. The predicted octanol–water partition coefficient (Wildman–Crippen LogP) is 2.82. The first kappa shape index (κ1) is 11.6. The Labute approximate surface area is 103 Å². The van der Waals surface area contributed by atoms with Crippen molar-refractivity contribution in [1.82, 2.24) is 5.32 Å². The van der Waals surface area contributed by atoms with Gasteiger partial charge < -0.3 is 11.1 Å². The fourth-order valence-corrected chi connectivity index (χ4v) is 3.75. The first-order chi connectivity index (χ1) is 7.18. The second kappa shape index (κ2) is 4.95. The zero-order chi connectivity index (χ0) is 10.8. The Balaban J connectivity index is 2.08. The summed E-state index contributed by atoms with van der Waals surface area (Å²) in [7, 11) is 0. The number of nitrogens with two attached hydrogens (primary N) is 1. The number of rotatable bonds is 2. The molecule has 0 radical (unpaired) electrons. The number of hydrogen-bond acceptors (Lipinski definition) is 3. The van der Waals surface area contributed by atoms with Crippen molar-refractivity contribution in [2.24, 2.45) is 11.7 Å². The van der Waals surface area contributed by atoms with Gasteiger partial charge in [0, 0.05) is 10.9 Å². The van der Waals surface area contributed by atoms with Crippen molar-refractivity contribution in [3.8, 4) is 0 Å². The first-order valence-corrected chi connectivity index (χ1v) is 7.01. The molecule has 0 aromatic carbocycles. The van der Waals surface area contributed by atoms with Crippen molar-refractivity contribution in [2.45, 2.75) is 25.8 Å². The van der Waals surface area contributed by atoms with Gasteiger partial charge in [0.15, 0.2) is 0 Å². The third-order valence-corrected chi connectivity index (χ3v) is 5.33. The lowest BCUT2D eigenvalue weighted by molar-refractivity contribution is 0.325. The Morgan fingerprint density at radius 3 is 2.73 bits per heavy atom. The lowest BCUT2D eigenvalue weighted by Gasteiger charge is -2.27. The summed E-state index contributed by atoms with van der Waals surface area (Å²) in [6.07, 6.45) is 2.41. The number of aryl methyl sites for hydroxylation is 1. The average molecular weight is 289 g/mol. The zero-order valence-corrected chi connectivity index (χ0v) is 11.3. The van der Waals surface area contributed by atoms with Gasteiger partial charge in [0.2, 0.25) is 0 Å². The molecular formula is C11H17BrN2S. The van der Waals surface area contributed by atoms with E-state index in [0.29, 0.717) is 5.92 Å². The lowest BCUT2D eigenvalue weighted by atomic mass is 9.90. The van der Waals surface area contributed by atoms with E-state index in [1.807, 2.05) is 0 Å². The van der Waals surface area contributed by atoms with Crippen LogP contribution in [0.2, 0.25) is 0 Å².